The topological polar surface area (TPSA) is 12.0 Å². The minimum absolute atomic E-state index is 0.551. The normalized spacial score (nSPS) is 26.2. The highest BCUT2D eigenvalue weighted by atomic mass is 19.4. The van der Waals surface area contributed by atoms with Gasteiger partial charge < -0.3 is 5.32 Å². The molecule has 2 aliphatic rings. The highest BCUT2D eigenvalue weighted by Gasteiger charge is 2.31. The highest BCUT2D eigenvalue weighted by Crippen LogP contribution is 2.35. The predicted molar refractivity (Wildman–Crippen MR) is 77.0 cm³/mol. The summed E-state index contributed by atoms with van der Waals surface area (Å²) < 4.78 is 37.7. The van der Waals surface area contributed by atoms with Crippen molar-refractivity contribution in [2.24, 2.45) is 11.8 Å². The summed E-state index contributed by atoms with van der Waals surface area (Å²) in [6, 6.07) is 6.44. The summed E-state index contributed by atoms with van der Waals surface area (Å²) >= 11 is 0. The van der Waals surface area contributed by atoms with Gasteiger partial charge in [0.25, 0.3) is 0 Å². The molecule has 1 aromatic carbocycles. The third-order valence-corrected chi connectivity index (χ3v) is 4.84. The van der Waals surface area contributed by atoms with Gasteiger partial charge in [-0.2, -0.15) is 13.2 Å². The van der Waals surface area contributed by atoms with Gasteiger partial charge in [0.15, 0.2) is 0 Å². The van der Waals surface area contributed by atoms with E-state index in [0.29, 0.717) is 11.8 Å². The summed E-state index contributed by atoms with van der Waals surface area (Å²) in [6.45, 7) is 1.08. The minimum atomic E-state index is -4.23. The second-order valence-electron chi connectivity index (χ2n) is 6.53. The molecule has 0 heterocycles. The van der Waals surface area contributed by atoms with Gasteiger partial charge in [-0.25, -0.2) is 0 Å². The number of hydrogen-bond acceptors (Lipinski definition) is 1. The van der Waals surface area contributed by atoms with E-state index >= 15 is 0 Å². The number of halogens is 3. The van der Waals surface area contributed by atoms with E-state index in [9.17, 15) is 13.2 Å². The first-order valence-electron chi connectivity index (χ1n) is 7.92. The molecule has 2 aliphatic carbocycles. The summed E-state index contributed by atoms with van der Waals surface area (Å²) in [6.07, 6.45) is 3.00. The van der Waals surface area contributed by atoms with Crippen LogP contribution in [0.4, 0.5) is 13.2 Å². The molecule has 1 nitrogen and oxygen atoms in total. The lowest BCUT2D eigenvalue weighted by Gasteiger charge is -2.20. The SMILES string of the molecule is FC(F)(F)c1ccc(CC2CCCC2CNC2CC2)cc1. The van der Waals surface area contributed by atoms with Gasteiger partial charge in [-0.15, -0.1) is 0 Å². The van der Waals surface area contributed by atoms with Crippen LogP contribution in [0.15, 0.2) is 24.3 Å². The third kappa shape index (κ3) is 4.00. The Bertz CT molecular complexity index is 462. The van der Waals surface area contributed by atoms with Gasteiger partial charge in [-0.05, 0) is 68.2 Å². The monoisotopic (exact) mass is 297 g/mol. The quantitative estimate of drug-likeness (QED) is 0.848. The van der Waals surface area contributed by atoms with Gasteiger partial charge >= 0.3 is 6.18 Å². The van der Waals surface area contributed by atoms with Crippen molar-refractivity contribution in [2.45, 2.75) is 50.7 Å². The second kappa shape index (κ2) is 5.99. The maximum atomic E-state index is 12.6. The number of benzene rings is 1. The largest absolute Gasteiger partial charge is 0.416 e. The first-order chi connectivity index (χ1) is 10.0. The van der Waals surface area contributed by atoms with Crippen molar-refractivity contribution in [1.29, 1.82) is 0 Å². The van der Waals surface area contributed by atoms with Crippen molar-refractivity contribution in [3.05, 3.63) is 35.4 Å². The Kier molecular flexibility index (Phi) is 4.25. The van der Waals surface area contributed by atoms with Crippen molar-refractivity contribution < 1.29 is 13.2 Å². The predicted octanol–water partition coefficient (Wildman–Crippen LogP) is 4.42. The van der Waals surface area contributed by atoms with Gasteiger partial charge in [0.05, 0.1) is 5.56 Å². The van der Waals surface area contributed by atoms with Crippen LogP contribution in [0.1, 0.15) is 43.2 Å². The molecule has 2 atom stereocenters. The second-order valence-corrected chi connectivity index (χ2v) is 6.53. The van der Waals surface area contributed by atoms with Gasteiger partial charge in [-0.1, -0.05) is 18.6 Å². The van der Waals surface area contributed by atoms with E-state index in [2.05, 4.69) is 5.32 Å². The van der Waals surface area contributed by atoms with Crippen LogP contribution in [-0.4, -0.2) is 12.6 Å². The maximum absolute atomic E-state index is 12.6. The average molecular weight is 297 g/mol. The molecule has 1 aromatic rings. The van der Waals surface area contributed by atoms with Crippen LogP contribution in [0, 0.1) is 11.8 Å². The van der Waals surface area contributed by atoms with Crippen molar-refractivity contribution in [3.63, 3.8) is 0 Å². The summed E-state index contributed by atoms with van der Waals surface area (Å²) in [5.74, 6) is 1.31. The lowest BCUT2D eigenvalue weighted by molar-refractivity contribution is -0.137. The van der Waals surface area contributed by atoms with Crippen molar-refractivity contribution in [2.75, 3.05) is 6.54 Å². The summed E-state index contributed by atoms with van der Waals surface area (Å²) in [4.78, 5) is 0. The molecule has 2 saturated carbocycles. The molecule has 4 heteroatoms. The summed E-state index contributed by atoms with van der Waals surface area (Å²) in [7, 11) is 0. The Balaban J connectivity index is 1.56. The fourth-order valence-electron chi connectivity index (χ4n) is 3.39. The van der Waals surface area contributed by atoms with Crippen LogP contribution < -0.4 is 5.32 Å². The molecular formula is C17H22F3N. The molecule has 0 aliphatic heterocycles. The van der Waals surface area contributed by atoms with Gasteiger partial charge in [0, 0.05) is 6.04 Å². The molecule has 21 heavy (non-hydrogen) atoms. The van der Waals surface area contributed by atoms with E-state index in [1.54, 1.807) is 12.1 Å². The molecule has 0 saturated heterocycles. The van der Waals surface area contributed by atoms with Crippen molar-refractivity contribution >= 4 is 0 Å². The first-order valence-corrected chi connectivity index (χ1v) is 7.92. The summed E-state index contributed by atoms with van der Waals surface area (Å²) in [5, 5.41) is 3.59. The zero-order valence-electron chi connectivity index (χ0n) is 12.1. The molecule has 1 N–H and O–H groups in total. The molecule has 0 spiro atoms. The van der Waals surface area contributed by atoms with Crippen LogP contribution in [0.25, 0.3) is 0 Å². The van der Waals surface area contributed by atoms with Crippen LogP contribution >= 0.6 is 0 Å². The molecular weight excluding hydrogens is 275 g/mol. The fourth-order valence-corrected chi connectivity index (χ4v) is 3.39. The maximum Gasteiger partial charge on any atom is 0.416 e. The number of rotatable bonds is 5. The zero-order valence-corrected chi connectivity index (χ0v) is 12.1. The van der Waals surface area contributed by atoms with Gasteiger partial charge in [-0.3, -0.25) is 0 Å². The third-order valence-electron chi connectivity index (χ3n) is 4.84. The molecule has 0 bridgehead atoms. The van der Waals surface area contributed by atoms with Gasteiger partial charge in [0.2, 0.25) is 0 Å². The van der Waals surface area contributed by atoms with Crippen LogP contribution in [0.5, 0.6) is 0 Å². The summed E-state index contributed by atoms with van der Waals surface area (Å²) in [5.41, 5.74) is 0.482. The Morgan fingerprint density at radius 3 is 2.24 bits per heavy atom. The van der Waals surface area contributed by atoms with E-state index < -0.39 is 11.7 Å². The molecule has 116 valence electrons. The van der Waals surface area contributed by atoms with E-state index in [1.165, 1.54) is 44.2 Å². The average Bonchev–Trinajstić information content (AvgIpc) is 3.17. The first kappa shape index (κ1) is 14.9. The number of nitrogens with one attached hydrogen (secondary N) is 1. The van der Waals surface area contributed by atoms with Crippen LogP contribution in [-0.2, 0) is 12.6 Å². The minimum Gasteiger partial charge on any atom is -0.314 e. The standard InChI is InChI=1S/C17H22F3N/c18-17(19,20)15-6-4-12(5-7-15)10-13-2-1-3-14(13)11-21-16-8-9-16/h4-7,13-14,16,21H,1-3,8-11H2. The van der Waals surface area contributed by atoms with Crippen LogP contribution in [0.2, 0.25) is 0 Å². The number of alkyl halides is 3. The van der Waals surface area contributed by atoms with Crippen LogP contribution in [0.3, 0.4) is 0 Å². The van der Waals surface area contributed by atoms with E-state index in [1.807, 2.05) is 0 Å². The van der Waals surface area contributed by atoms with Gasteiger partial charge in [0.1, 0.15) is 0 Å². The van der Waals surface area contributed by atoms with E-state index in [-0.39, 0.29) is 0 Å². The van der Waals surface area contributed by atoms with Crippen molar-refractivity contribution in [1.82, 2.24) is 5.32 Å². The Morgan fingerprint density at radius 1 is 0.952 bits per heavy atom. The fraction of sp³-hybridized carbons (Fsp3) is 0.647. The smallest absolute Gasteiger partial charge is 0.314 e. The zero-order chi connectivity index (χ0) is 14.9. The molecule has 2 fully saturated rings. The van der Waals surface area contributed by atoms with E-state index in [0.717, 1.165) is 24.6 Å². The Morgan fingerprint density at radius 2 is 1.62 bits per heavy atom. The molecule has 2 unspecified atom stereocenters. The highest BCUT2D eigenvalue weighted by molar-refractivity contribution is 5.25. The lowest BCUT2D eigenvalue weighted by atomic mass is 9.89. The molecule has 0 radical (unpaired) electrons. The molecule has 0 amide bonds. The van der Waals surface area contributed by atoms with E-state index in [4.69, 9.17) is 0 Å². The Labute approximate surface area is 123 Å². The lowest BCUT2D eigenvalue weighted by Crippen LogP contribution is -2.27. The Hall–Kier alpha value is -1.03. The van der Waals surface area contributed by atoms with Crippen molar-refractivity contribution in [3.8, 4) is 0 Å². The molecule has 0 aromatic heterocycles. The number of hydrogen-bond donors (Lipinski definition) is 1. The molecule has 3 rings (SSSR count).